The summed E-state index contributed by atoms with van der Waals surface area (Å²) in [6, 6.07) is 0.293. The van der Waals surface area contributed by atoms with Gasteiger partial charge in [-0.1, -0.05) is 20.3 Å². The molecule has 2 aliphatic rings. The molecule has 0 bridgehead atoms. The van der Waals surface area contributed by atoms with Crippen LogP contribution in [0, 0.1) is 11.8 Å². The summed E-state index contributed by atoms with van der Waals surface area (Å²) in [7, 11) is 0. The molecule has 1 saturated carbocycles. The highest BCUT2D eigenvalue weighted by molar-refractivity contribution is 5.73. The Hall–Kier alpha value is -0.570. The van der Waals surface area contributed by atoms with Gasteiger partial charge in [0, 0.05) is 6.04 Å². The maximum absolute atomic E-state index is 11.3. The summed E-state index contributed by atoms with van der Waals surface area (Å²) < 4.78 is 0. The van der Waals surface area contributed by atoms with Crippen LogP contribution in [0.1, 0.15) is 52.4 Å². The normalized spacial score (nSPS) is 40.1. The Morgan fingerprint density at radius 3 is 2.35 bits per heavy atom. The predicted molar refractivity (Wildman–Crippen MR) is 67.9 cm³/mol. The zero-order valence-electron chi connectivity index (χ0n) is 11.1. The number of nitrogens with zero attached hydrogens (tertiary/aromatic N) is 1. The Kier molecular flexibility index (Phi) is 4.08. The smallest absolute Gasteiger partial charge is 0.320 e. The maximum Gasteiger partial charge on any atom is 0.320 e. The SMILES string of the molecule is CC1CC(C)CC(N2CCCCC2C(=O)O)C1. The number of hydrogen-bond acceptors (Lipinski definition) is 2. The molecule has 3 heteroatoms. The first-order chi connectivity index (χ1) is 8.08. The van der Waals surface area contributed by atoms with Crippen LogP contribution in [0.2, 0.25) is 0 Å². The van der Waals surface area contributed by atoms with Gasteiger partial charge in [-0.15, -0.1) is 0 Å². The highest BCUT2D eigenvalue weighted by atomic mass is 16.4. The number of carboxylic acid groups (broad SMARTS) is 1. The summed E-state index contributed by atoms with van der Waals surface area (Å²) >= 11 is 0. The summed E-state index contributed by atoms with van der Waals surface area (Å²) in [6.07, 6.45) is 6.77. The van der Waals surface area contributed by atoms with E-state index < -0.39 is 5.97 Å². The number of aliphatic carboxylic acids is 1. The Morgan fingerprint density at radius 2 is 1.76 bits per heavy atom. The van der Waals surface area contributed by atoms with Gasteiger partial charge in [-0.3, -0.25) is 9.69 Å². The minimum atomic E-state index is -0.615. The Bertz CT molecular complexity index is 269. The van der Waals surface area contributed by atoms with E-state index in [0.717, 1.165) is 31.2 Å². The van der Waals surface area contributed by atoms with Crippen LogP contribution in [0.4, 0.5) is 0 Å². The maximum atomic E-state index is 11.3. The van der Waals surface area contributed by atoms with Gasteiger partial charge in [0.1, 0.15) is 6.04 Å². The fourth-order valence-corrected chi connectivity index (χ4v) is 3.83. The molecule has 0 aromatic rings. The van der Waals surface area contributed by atoms with Crippen molar-refractivity contribution in [1.82, 2.24) is 4.90 Å². The monoisotopic (exact) mass is 239 g/mol. The molecule has 0 amide bonds. The Labute approximate surface area is 104 Å². The molecular formula is C14H25NO2. The van der Waals surface area contributed by atoms with Gasteiger partial charge < -0.3 is 5.11 Å². The molecule has 3 nitrogen and oxygen atoms in total. The van der Waals surface area contributed by atoms with Crippen molar-refractivity contribution in [3.63, 3.8) is 0 Å². The molecule has 1 heterocycles. The van der Waals surface area contributed by atoms with Crippen molar-refractivity contribution < 1.29 is 9.90 Å². The van der Waals surface area contributed by atoms with E-state index in [1.54, 1.807) is 0 Å². The van der Waals surface area contributed by atoms with Crippen LogP contribution in [-0.2, 0) is 4.79 Å². The molecule has 1 N–H and O–H groups in total. The molecule has 3 atom stereocenters. The first-order valence-electron chi connectivity index (χ1n) is 7.06. The third-order valence-corrected chi connectivity index (χ3v) is 4.45. The standard InChI is InChI=1S/C14H25NO2/c1-10-7-11(2)9-12(8-10)15-6-4-3-5-13(15)14(16)17/h10-13H,3-9H2,1-2H3,(H,16,17). The van der Waals surface area contributed by atoms with Gasteiger partial charge in [-0.25, -0.2) is 0 Å². The minimum Gasteiger partial charge on any atom is -0.480 e. The number of rotatable bonds is 2. The van der Waals surface area contributed by atoms with Crippen LogP contribution in [0.5, 0.6) is 0 Å². The molecule has 17 heavy (non-hydrogen) atoms. The zero-order chi connectivity index (χ0) is 12.4. The average Bonchev–Trinajstić information content (AvgIpc) is 2.27. The lowest BCUT2D eigenvalue weighted by atomic mass is 9.79. The molecule has 1 aliphatic carbocycles. The molecular weight excluding hydrogens is 214 g/mol. The summed E-state index contributed by atoms with van der Waals surface area (Å²) in [6.45, 7) is 5.60. The molecule has 0 aromatic heterocycles. The molecule has 2 fully saturated rings. The van der Waals surface area contributed by atoms with E-state index in [4.69, 9.17) is 0 Å². The van der Waals surface area contributed by atoms with Crippen LogP contribution in [0.3, 0.4) is 0 Å². The van der Waals surface area contributed by atoms with Crippen LogP contribution >= 0.6 is 0 Å². The fourth-order valence-electron chi connectivity index (χ4n) is 3.83. The average molecular weight is 239 g/mol. The van der Waals surface area contributed by atoms with Gasteiger partial charge in [0.15, 0.2) is 0 Å². The summed E-state index contributed by atoms with van der Waals surface area (Å²) in [5.74, 6) is 0.885. The van der Waals surface area contributed by atoms with Crippen molar-refractivity contribution in [3.8, 4) is 0 Å². The Morgan fingerprint density at radius 1 is 1.12 bits per heavy atom. The van der Waals surface area contributed by atoms with Gasteiger partial charge in [-0.05, 0) is 50.5 Å². The number of hydrogen-bond donors (Lipinski definition) is 1. The van der Waals surface area contributed by atoms with E-state index in [1.807, 2.05) is 0 Å². The molecule has 1 saturated heterocycles. The largest absolute Gasteiger partial charge is 0.480 e. The Balaban J connectivity index is 2.05. The van der Waals surface area contributed by atoms with E-state index in [1.165, 1.54) is 25.7 Å². The lowest BCUT2D eigenvalue weighted by molar-refractivity contribution is -0.146. The van der Waals surface area contributed by atoms with Crippen molar-refractivity contribution in [2.75, 3.05) is 6.54 Å². The van der Waals surface area contributed by atoms with Crippen LogP contribution in [0.25, 0.3) is 0 Å². The third-order valence-electron chi connectivity index (χ3n) is 4.45. The second-order valence-corrected chi connectivity index (χ2v) is 6.16. The lowest BCUT2D eigenvalue weighted by Crippen LogP contribution is -2.52. The zero-order valence-corrected chi connectivity index (χ0v) is 11.1. The van der Waals surface area contributed by atoms with Gasteiger partial charge in [0.25, 0.3) is 0 Å². The molecule has 0 spiro atoms. The van der Waals surface area contributed by atoms with E-state index in [-0.39, 0.29) is 6.04 Å². The van der Waals surface area contributed by atoms with Gasteiger partial charge in [-0.2, -0.15) is 0 Å². The van der Waals surface area contributed by atoms with Crippen molar-refractivity contribution in [2.45, 2.75) is 64.5 Å². The lowest BCUT2D eigenvalue weighted by Gasteiger charge is -2.43. The van der Waals surface area contributed by atoms with Gasteiger partial charge in [0.05, 0.1) is 0 Å². The topological polar surface area (TPSA) is 40.5 Å². The number of likely N-dealkylation sites (tertiary alicyclic amines) is 1. The van der Waals surface area contributed by atoms with E-state index in [9.17, 15) is 9.90 Å². The molecule has 1 aliphatic heterocycles. The summed E-state index contributed by atoms with van der Waals surface area (Å²) in [5, 5.41) is 9.33. The molecule has 0 radical (unpaired) electrons. The summed E-state index contributed by atoms with van der Waals surface area (Å²) in [4.78, 5) is 13.6. The second kappa shape index (κ2) is 5.38. The van der Waals surface area contributed by atoms with Crippen molar-refractivity contribution in [3.05, 3.63) is 0 Å². The van der Waals surface area contributed by atoms with Crippen molar-refractivity contribution >= 4 is 5.97 Å². The van der Waals surface area contributed by atoms with Crippen LogP contribution in [-0.4, -0.2) is 34.6 Å². The van der Waals surface area contributed by atoms with E-state index in [0.29, 0.717) is 6.04 Å². The molecule has 2 rings (SSSR count). The summed E-state index contributed by atoms with van der Waals surface area (Å²) in [5.41, 5.74) is 0. The van der Waals surface area contributed by atoms with Crippen LogP contribution in [0.15, 0.2) is 0 Å². The van der Waals surface area contributed by atoms with Crippen molar-refractivity contribution in [1.29, 1.82) is 0 Å². The van der Waals surface area contributed by atoms with Crippen LogP contribution < -0.4 is 0 Å². The minimum absolute atomic E-state index is 0.216. The highest BCUT2D eigenvalue weighted by Crippen LogP contribution is 2.34. The molecule has 3 unspecified atom stereocenters. The van der Waals surface area contributed by atoms with Crippen molar-refractivity contribution in [2.24, 2.45) is 11.8 Å². The quantitative estimate of drug-likeness (QED) is 0.805. The van der Waals surface area contributed by atoms with E-state index in [2.05, 4.69) is 18.7 Å². The third kappa shape index (κ3) is 3.01. The predicted octanol–water partition coefficient (Wildman–Crippen LogP) is 2.75. The van der Waals surface area contributed by atoms with Gasteiger partial charge >= 0.3 is 5.97 Å². The fraction of sp³-hybridized carbons (Fsp3) is 0.929. The number of carbonyl (C=O) groups is 1. The first kappa shape index (κ1) is 12.9. The van der Waals surface area contributed by atoms with Gasteiger partial charge in [0.2, 0.25) is 0 Å². The number of piperidine rings is 1. The second-order valence-electron chi connectivity index (χ2n) is 6.16. The molecule has 0 aromatic carbocycles. The molecule has 98 valence electrons. The highest BCUT2D eigenvalue weighted by Gasteiger charge is 2.36. The first-order valence-corrected chi connectivity index (χ1v) is 7.06. The van der Waals surface area contributed by atoms with E-state index >= 15 is 0 Å². The number of carboxylic acids is 1.